The lowest BCUT2D eigenvalue weighted by molar-refractivity contribution is -0.146. The number of halogens is 3. The molecule has 2 bridgehead atoms. The number of hydrogen-bond acceptors (Lipinski definition) is 3. The summed E-state index contributed by atoms with van der Waals surface area (Å²) < 4.78 is 0.861. The fourth-order valence-electron chi connectivity index (χ4n) is 6.89. The zero-order valence-corrected chi connectivity index (χ0v) is 24.7. The number of anilines is 1. The molecule has 0 aromatic heterocycles. The molecule has 0 radical (unpaired) electrons. The van der Waals surface area contributed by atoms with Gasteiger partial charge in [-0.3, -0.25) is 19.3 Å². The molecular weight excluding hydrogens is 623 g/mol. The highest BCUT2D eigenvalue weighted by Crippen LogP contribution is 2.69. The van der Waals surface area contributed by atoms with Gasteiger partial charge in [0.15, 0.2) is 0 Å². The summed E-state index contributed by atoms with van der Waals surface area (Å²) in [7, 11) is 0. The van der Waals surface area contributed by atoms with Crippen LogP contribution in [0.4, 0.5) is 5.69 Å². The summed E-state index contributed by atoms with van der Waals surface area (Å²) in [5.41, 5.74) is 4.25. The van der Waals surface area contributed by atoms with Crippen molar-refractivity contribution >= 4 is 62.5 Å². The van der Waals surface area contributed by atoms with Crippen molar-refractivity contribution in [1.29, 1.82) is 0 Å². The first-order valence-corrected chi connectivity index (χ1v) is 14.9. The molecular formula is C33H23BrCl2N2O3. The molecule has 3 amide bonds. The van der Waals surface area contributed by atoms with E-state index in [4.69, 9.17) is 23.2 Å². The molecule has 41 heavy (non-hydrogen) atoms. The van der Waals surface area contributed by atoms with Gasteiger partial charge in [-0.15, -0.1) is 23.2 Å². The standard InChI is InChI=1S/C33H23BrCl2N2O3/c34-20-14-16-21(17-15-20)37-29(39)26(18-19-8-2-1-3-9-19)38-30(40)27-28(31(38)41)33(36)23-11-5-4-10-22(23)32(27,35)24-12-6-7-13-25(24)33/h1-17,26-28H,18H2,(H,37,39)/t26-,27-,28-,32?,33?/m0/s1. The van der Waals surface area contributed by atoms with Gasteiger partial charge >= 0.3 is 0 Å². The van der Waals surface area contributed by atoms with Gasteiger partial charge in [-0.05, 0) is 52.1 Å². The minimum Gasteiger partial charge on any atom is -0.324 e. The molecule has 204 valence electrons. The van der Waals surface area contributed by atoms with E-state index in [0.29, 0.717) is 5.69 Å². The summed E-state index contributed by atoms with van der Waals surface area (Å²) >= 11 is 18.6. The quantitative estimate of drug-likeness (QED) is 0.197. The Balaban J connectivity index is 1.36. The molecule has 4 aromatic rings. The van der Waals surface area contributed by atoms with E-state index in [9.17, 15) is 14.4 Å². The number of alkyl halides is 2. The zero-order valence-electron chi connectivity index (χ0n) is 21.6. The predicted molar refractivity (Wildman–Crippen MR) is 162 cm³/mol. The van der Waals surface area contributed by atoms with E-state index in [1.165, 1.54) is 0 Å². The van der Waals surface area contributed by atoms with Crippen molar-refractivity contribution in [3.8, 4) is 0 Å². The van der Waals surface area contributed by atoms with Crippen molar-refractivity contribution in [2.45, 2.75) is 22.2 Å². The van der Waals surface area contributed by atoms with Crippen LogP contribution in [0.3, 0.4) is 0 Å². The third-order valence-electron chi connectivity index (χ3n) is 8.62. The maximum atomic E-state index is 14.5. The second kappa shape index (κ2) is 9.55. The van der Waals surface area contributed by atoms with Gasteiger partial charge in [-0.2, -0.15) is 0 Å². The number of benzene rings is 4. The Labute approximate surface area is 255 Å². The number of amides is 3. The smallest absolute Gasteiger partial charge is 0.248 e. The van der Waals surface area contributed by atoms with Gasteiger partial charge in [-0.25, -0.2) is 0 Å². The molecule has 1 heterocycles. The van der Waals surface area contributed by atoms with Crippen LogP contribution in [0.2, 0.25) is 0 Å². The normalized spacial score (nSPS) is 26.3. The lowest BCUT2D eigenvalue weighted by Gasteiger charge is -2.54. The highest BCUT2D eigenvalue weighted by Gasteiger charge is 2.73. The van der Waals surface area contributed by atoms with Gasteiger partial charge in [0.2, 0.25) is 17.7 Å². The lowest BCUT2D eigenvalue weighted by atomic mass is 9.54. The van der Waals surface area contributed by atoms with Crippen LogP contribution in [0.1, 0.15) is 27.8 Å². The van der Waals surface area contributed by atoms with Gasteiger partial charge in [-0.1, -0.05) is 94.8 Å². The molecule has 0 spiro atoms. The highest BCUT2D eigenvalue weighted by atomic mass is 79.9. The van der Waals surface area contributed by atoms with Gasteiger partial charge in [0.05, 0.1) is 11.8 Å². The topological polar surface area (TPSA) is 66.5 Å². The molecule has 0 saturated carbocycles. The average Bonchev–Trinajstić information content (AvgIpc) is 3.27. The molecule has 5 nitrogen and oxygen atoms in total. The summed E-state index contributed by atoms with van der Waals surface area (Å²) in [6.45, 7) is 0. The Morgan fingerprint density at radius 2 is 1.17 bits per heavy atom. The first-order chi connectivity index (χ1) is 19.8. The number of carbonyl (C=O) groups is 3. The molecule has 4 aromatic carbocycles. The molecule has 1 saturated heterocycles. The van der Waals surface area contributed by atoms with E-state index in [0.717, 1.165) is 37.2 Å². The molecule has 1 aliphatic heterocycles. The molecule has 8 heteroatoms. The van der Waals surface area contributed by atoms with Crippen LogP contribution in [0, 0.1) is 11.8 Å². The maximum Gasteiger partial charge on any atom is 0.248 e. The fraction of sp³-hybridized carbons (Fsp3) is 0.182. The molecule has 0 unspecified atom stereocenters. The van der Waals surface area contributed by atoms with E-state index < -0.39 is 45.3 Å². The second-order valence-electron chi connectivity index (χ2n) is 10.7. The van der Waals surface area contributed by atoms with E-state index in [2.05, 4.69) is 21.2 Å². The monoisotopic (exact) mass is 644 g/mol. The van der Waals surface area contributed by atoms with Crippen molar-refractivity contribution in [3.05, 3.63) is 135 Å². The fourth-order valence-corrected chi connectivity index (χ4v) is 8.26. The first-order valence-electron chi connectivity index (χ1n) is 13.3. The van der Waals surface area contributed by atoms with E-state index >= 15 is 0 Å². The Bertz CT molecular complexity index is 1600. The van der Waals surface area contributed by atoms with Crippen LogP contribution < -0.4 is 5.32 Å². The van der Waals surface area contributed by atoms with Gasteiger partial charge in [0.1, 0.15) is 15.8 Å². The predicted octanol–water partition coefficient (Wildman–Crippen LogP) is 6.59. The highest BCUT2D eigenvalue weighted by molar-refractivity contribution is 9.10. The number of nitrogens with zero attached hydrogens (tertiary/aromatic N) is 1. The van der Waals surface area contributed by atoms with Crippen LogP contribution >= 0.6 is 39.1 Å². The first kappa shape index (κ1) is 26.4. The number of hydrogen-bond donors (Lipinski definition) is 1. The Hall–Kier alpha value is -3.45. The molecule has 4 aliphatic rings. The van der Waals surface area contributed by atoms with E-state index in [1.807, 2.05) is 91.0 Å². The largest absolute Gasteiger partial charge is 0.324 e. The number of carbonyl (C=O) groups excluding carboxylic acids is 3. The van der Waals surface area contributed by atoms with Crippen molar-refractivity contribution in [2.75, 3.05) is 5.32 Å². The summed E-state index contributed by atoms with van der Waals surface area (Å²) in [6, 6.07) is 30.4. The molecule has 1 N–H and O–H groups in total. The summed E-state index contributed by atoms with van der Waals surface area (Å²) in [6.07, 6.45) is 0.143. The maximum absolute atomic E-state index is 14.5. The molecule has 3 aliphatic carbocycles. The van der Waals surface area contributed by atoms with Crippen LogP contribution in [-0.2, 0) is 30.6 Å². The van der Waals surface area contributed by atoms with E-state index in [1.54, 1.807) is 12.1 Å². The minimum atomic E-state index is -1.31. The van der Waals surface area contributed by atoms with Gasteiger partial charge in [0, 0.05) is 16.6 Å². The second-order valence-corrected chi connectivity index (χ2v) is 12.8. The summed E-state index contributed by atoms with van der Waals surface area (Å²) in [5, 5.41) is 2.91. The Morgan fingerprint density at radius 3 is 1.63 bits per heavy atom. The van der Waals surface area contributed by atoms with Crippen molar-refractivity contribution < 1.29 is 14.4 Å². The summed E-state index contributed by atoms with van der Waals surface area (Å²) in [4.78, 5) is 41.5. The number of nitrogens with one attached hydrogen (secondary N) is 1. The minimum absolute atomic E-state index is 0.143. The third-order valence-corrected chi connectivity index (χ3v) is 10.4. The average molecular weight is 646 g/mol. The Kier molecular flexibility index (Phi) is 6.16. The third kappa shape index (κ3) is 3.70. The van der Waals surface area contributed by atoms with Crippen molar-refractivity contribution in [3.63, 3.8) is 0 Å². The van der Waals surface area contributed by atoms with Crippen LogP contribution in [0.5, 0.6) is 0 Å². The molecule has 1 fully saturated rings. The molecule has 3 atom stereocenters. The van der Waals surface area contributed by atoms with Crippen molar-refractivity contribution in [1.82, 2.24) is 4.90 Å². The SMILES string of the molecule is O=C(Nc1ccc(Br)cc1)[C@H](Cc1ccccc1)N1C(=O)[C@@H]2[C@@H](C1=O)C1(Cl)c3ccccc3C2(Cl)c2ccccc21. The van der Waals surface area contributed by atoms with E-state index in [-0.39, 0.29) is 6.42 Å². The van der Waals surface area contributed by atoms with Crippen molar-refractivity contribution in [2.24, 2.45) is 11.8 Å². The lowest BCUT2D eigenvalue weighted by Crippen LogP contribution is -2.57. The van der Waals surface area contributed by atoms with Crippen LogP contribution in [-0.4, -0.2) is 28.7 Å². The zero-order chi connectivity index (χ0) is 28.5. The van der Waals surface area contributed by atoms with Gasteiger partial charge < -0.3 is 5.32 Å². The van der Waals surface area contributed by atoms with Crippen LogP contribution in [0.15, 0.2) is 108 Å². The molecule has 8 rings (SSSR count). The number of rotatable bonds is 5. The van der Waals surface area contributed by atoms with Gasteiger partial charge in [0.25, 0.3) is 0 Å². The number of imide groups is 1. The Morgan fingerprint density at radius 1 is 0.732 bits per heavy atom. The number of likely N-dealkylation sites (tertiary alicyclic amines) is 1. The summed E-state index contributed by atoms with van der Waals surface area (Å²) in [5.74, 6) is -3.39. The van der Waals surface area contributed by atoms with Crippen LogP contribution in [0.25, 0.3) is 0 Å².